The number of carbonyl (C=O) groups is 1. The van der Waals surface area contributed by atoms with Gasteiger partial charge in [-0.15, -0.1) is 0 Å². The molecule has 1 aliphatic heterocycles. The SMILES string of the molecule is CCOC(=O)C1CCCN1S(=O)(=O)c1ccc(N)c(Br)c1. The lowest BCUT2D eigenvalue weighted by Crippen LogP contribution is -2.41. The van der Waals surface area contributed by atoms with Crippen LogP contribution in [0.3, 0.4) is 0 Å². The lowest BCUT2D eigenvalue weighted by Gasteiger charge is -2.22. The topological polar surface area (TPSA) is 89.7 Å². The van der Waals surface area contributed by atoms with Crippen molar-refractivity contribution in [3.8, 4) is 0 Å². The molecule has 0 saturated carbocycles. The fraction of sp³-hybridized carbons (Fsp3) is 0.462. The minimum Gasteiger partial charge on any atom is -0.465 e. The molecule has 1 aromatic carbocycles. The van der Waals surface area contributed by atoms with E-state index in [9.17, 15) is 13.2 Å². The molecule has 116 valence electrons. The van der Waals surface area contributed by atoms with E-state index >= 15 is 0 Å². The maximum atomic E-state index is 12.7. The number of hydrogen-bond donors (Lipinski definition) is 1. The molecule has 21 heavy (non-hydrogen) atoms. The van der Waals surface area contributed by atoms with Crippen LogP contribution in [0.15, 0.2) is 27.6 Å². The average Bonchev–Trinajstić information content (AvgIpc) is 2.92. The van der Waals surface area contributed by atoms with Crippen molar-refractivity contribution in [2.24, 2.45) is 0 Å². The third-order valence-corrected chi connectivity index (χ3v) is 5.93. The molecule has 1 saturated heterocycles. The van der Waals surface area contributed by atoms with Crippen LogP contribution < -0.4 is 5.73 Å². The Kier molecular flexibility index (Phi) is 4.90. The van der Waals surface area contributed by atoms with Gasteiger partial charge in [-0.25, -0.2) is 8.42 Å². The molecule has 1 unspecified atom stereocenters. The van der Waals surface area contributed by atoms with Gasteiger partial charge in [-0.05, 0) is 53.9 Å². The van der Waals surface area contributed by atoms with Gasteiger partial charge >= 0.3 is 5.97 Å². The summed E-state index contributed by atoms with van der Waals surface area (Å²) in [5, 5.41) is 0. The van der Waals surface area contributed by atoms with Gasteiger partial charge in [0.15, 0.2) is 0 Å². The Labute approximate surface area is 132 Å². The summed E-state index contributed by atoms with van der Waals surface area (Å²) in [7, 11) is -3.74. The van der Waals surface area contributed by atoms with E-state index in [0.717, 1.165) is 0 Å². The number of esters is 1. The van der Waals surface area contributed by atoms with Gasteiger partial charge in [0, 0.05) is 16.7 Å². The number of rotatable bonds is 4. The molecule has 8 heteroatoms. The van der Waals surface area contributed by atoms with Crippen molar-refractivity contribution in [2.45, 2.75) is 30.7 Å². The highest BCUT2D eigenvalue weighted by Gasteiger charge is 2.40. The van der Waals surface area contributed by atoms with Gasteiger partial charge in [0.05, 0.1) is 11.5 Å². The number of sulfonamides is 1. The maximum Gasteiger partial charge on any atom is 0.324 e. The van der Waals surface area contributed by atoms with E-state index in [2.05, 4.69) is 15.9 Å². The van der Waals surface area contributed by atoms with Gasteiger partial charge in [-0.2, -0.15) is 4.31 Å². The number of nitrogen functional groups attached to an aromatic ring is 1. The molecule has 1 atom stereocenters. The second kappa shape index (κ2) is 6.33. The van der Waals surface area contributed by atoms with Crippen LogP contribution in [0.25, 0.3) is 0 Å². The summed E-state index contributed by atoms with van der Waals surface area (Å²) < 4.78 is 32.0. The van der Waals surface area contributed by atoms with Gasteiger partial charge in [-0.1, -0.05) is 0 Å². The van der Waals surface area contributed by atoms with Crippen LogP contribution in [0.5, 0.6) is 0 Å². The number of hydrogen-bond acceptors (Lipinski definition) is 5. The quantitative estimate of drug-likeness (QED) is 0.638. The number of benzene rings is 1. The van der Waals surface area contributed by atoms with Gasteiger partial charge in [-0.3, -0.25) is 4.79 Å². The number of nitrogens with zero attached hydrogens (tertiary/aromatic N) is 1. The molecular weight excluding hydrogens is 360 g/mol. The number of carbonyl (C=O) groups excluding carboxylic acids is 1. The summed E-state index contributed by atoms with van der Waals surface area (Å²) in [6.45, 7) is 2.24. The third-order valence-electron chi connectivity index (χ3n) is 3.34. The van der Waals surface area contributed by atoms with Crippen molar-refractivity contribution in [3.05, 3.63) is 22.7 Å². The van der Waals surface area contributed by atoms with E-state index in [1.54, 1.807) is 6.92 Å². The van der Waals surface area contributed by atoms with E-state index < -0.39 is 22.0 Å². The van der Waals surface area contributed by atoms with Crippen LogP contribution in [0, 0.1) is 0 Å². The summed E-state index contributed by atoms with van der Waals surface area (Å²) in [6, 6.07) is 3.67. The smallest absolute Gasteiger partial charge is 0.324 e. The van der Waals surface area contributed by atoms with Gasteiger partial charge in [0.2, 0.25) is 10.0 Å². The fourth-order valence-electron chi connectivity index (χ4n) is 2.31. The van der Waals surface area contributed by atoms with E-state index in [1.165, 1.54) is 22.5 Å². The molecule has 2 N–H and O–H groups in total. The Morgan fingerprint density at radius 2 is 2.24 bits per heavy atom. The first-order chi connectivity index (χ1) is 9.87. The Balaban J connectivity index is 2.33. The van der Waals surface area contributed by atoms with Gasteiger partial charge in [0.1, 0.15) is 6.04 Å². The summed E-state index contributed by atoms with van der Waals surface area (Å²) in [4.78, 5) is 12.0. The standard InChI is InChI=1S/C13H17BrN2O4S/c1-2-20-13(17)12-4-3-7-16(12)21(18,19)9-5-6-11(15)10(14)8-9/h5-6,8,12H,2-4,7,15H2,1H3. The zero-order valence-corrected chi connectivity index (χ0v) is 14.0. The molecule has 1 aliphatic rings. The minimum atomic E-state index is -3.74. The molecule has 0 amide bonds. The first-order valence-electron chi connectivity index (χ1n) is 6.61. The molecule has 0 aliphatic carbocycles. The fourth-order valence-corrected chi connectivity index (χ4v) is 4.51. The highest BCUT2D eigenvalue weighted by Crippen LogP contribution is 2.30. The lowest BCUT2D eigenvalue weighted by atomic mass is 10.2. The van der Waals surface area contributed by atoms with Crippen LogP contribution in [-0.2, 0) is 19.6 Å². The van der Waals surface area contributed by atoms with Crippen molar-refractivity contribution in [1.29, 1.82) is 0 Å². The summed E-state index contributed by atoms with van der Waals surface area (Å²) in [5.74, 6) is -0.493. The number of ether oxygens (including phenoxy) is 1. The van der Waals surface area contributed by atoms with E-state index in [4.69, 9.17) is 10.5 Å². The van der Waals surface area contributed by atoms with Crippen LogP contribution in [-0.4, -0.2) is 37.9 Å². The maximum absolute atomic E-state index is 12.7. The minimum absolute atomic E-state index is 0.111. The highest BCUT2D eigenvalue weighted by atomic mass is 79.9. The van der Waals surface area contributed by atoms with E-state index in [1.807, 2.05) is 0 Å². The first-order valence-corrected chi connectivity index (χ1v) is 8.84. The second-order valence-corrected chi connectivity index (χ2v) is 7.45. The predicted molar refractivity (Wildman–Crippen MR) is 82.1 cm³/mol. The molecule has 1 heterocycles. The highest BCUT2D eigenvalue weighted by molar-refractivity contribution is 9.10. The largest absolute Gasteiger partial charge is 0.465 e. The van der Waals surface area contributed by atoms with Gasteiger partial charge < -0.3 is 10.5 Å². The number of nitrogens with two attached hydrogens (primary N) is 1. The van der Waals surface area contributed by atoms with Crippen LogP contribution in [0.4, 0.5) is 5.69 Å². The summed E-state index contributed by atoms with van der Waals surface area (Å²) in [6.07, 6.45) is 1.12. The zero-order chi connectivity index (χ0) is 15.6. The van der Waals surface area contributed by atoms with Crippen LogP contribution in [0.2, 0.25) is 0 Å². The normalized spacial score (nSPS) is 19.6. The van der Waals surface area contributed by atoms with Crippen molar-refractivity contribution in [1.82, 2.24) is 4.31 Å². The van der Waals surface area contributed by atoms with Crippen LogP contribution in [0.1, 0.15) is 19.8 Å². The molecule has 2 rings (SSSR count). The monoisotopic (exact) mass is 376 g/mol. The molecule has 6 nitrogen and oxygen atoms in total. The molecule has 1 fully saturated rings. The first kappa shape index (κ1) is 16.3. The Hall–Kier alpha value is -1.12. The molecule has 0 bridgehead atoms. The van der Waals surface area contributed by atoms with Crippen molar-refractivity contribution in [3.63, 3.8) is 0 Å². The Morgan fingerprint density at radius 1 is 1.52 bits per heavy atom. The Bertz CT molecular complexity index is 648. The molecular formula is C13H17BrN2O4S. The molecule has 0 radical (unpaired) electrons. The Morgan fingerprint density at radius 3 is 2.86 bits per heavy atom. The molecule has 1 aromatic rings. The summed E-state index contributed by atoms with van der Waals surface area (Å²) >= 11 is 3.22. The third kappa shape index (κ3) is 3.22. The second-order valence-electron chi connectivity index (χ2n) is 4.71. The van der Waals surface area contributed by atoms with Crippen molar-refractivity contribution in [2.75, 3.05) is 18.9 Å². The molecule has 0 aromatic heterocycles. The molecule has 0 spiro atoms. The van der Waals surface area contributed by atoms with E-state index in [-0.39, 0.29) is 11.5 Å². The van der Waals surface area contributed by atoms with E-state index in [0.29, 0.717) is 29.5 Å². The number of anilines is 1. The van der Waals surface area contributed by atoms with Crippen LogP contribution >= 0.6 is 15.9 Å². The predicted octanol–water partition coefficient (Wildman–Crippen LogP) is 1.75. The average molecular weight is 377 g/mol. The number of halogens is 1. The van der Waals surface area contributed by atoms with Gasteiger partial charge in [0.25, 0.3) is 0 Å². The van der Waals surface area contributed by atoms with Crippen molar-refractivity contribution < 1.29 is 17.9 Å². The lowest BCUT2D eigenvalue weighted by molar-refractivity contribution is -0.146. The van der Waals surface area contributed by atoms with Crippen molar-refractivity contribution >= 4 is 37.6 Å². The summed E-state index contributed by atoms with van der Waals surface area (Å²) in [5.41, 5.74) is 6.13. The zero-order valence-electron chi connectivity index (χ0n) is 11.6.